The van der Waals surface area contributed by atoms with E-state index in [9.17, 15) is 0 Å². The fourth-order valence-corrected chi connectivity index (χ4v) is 2.17. The zero-order valence-corrected chi connectivity index (χ0v) is 11.8. The van der Waals surface area contributed by atoms with Gasteiger partial charge in [-0.05, 0) is 44.7 Å². The fraction of sp³-hybridized carbons (Fsp3) is 0.625. The van der Waals surface area contributed by atoms with Crippen molar-refractivity contribution in [2.24, 2.45) is 5.92 Å². The maximum absolute atomic E-state index is 5.84. The predicted molar refractivity (Wildman–Crippen MR) is 77.2 cm³/mol. The van der Waals surface area contributed by atoms with Gasteiger partial charge in [0.05, 0.1) is 6.10 Å². The first-order valence-electron chi connectivity index (χ1n) is 7.20. The number of hydrogen-bond acceptors (Lipinski definition) is 2. The molecule has 1 N–H and O–H groups in total. The van der Waals surface area contributed by atoms with Gasteiger partial charge in [0.2, 0.25) is 0 Å². The lowest BCUT2D eigenvalue weighted by atomic mass is 10.1. The summed E-state index contributed by atoms with van der Waals surface area (Å²) in [5.41, 5.74) is 1.17. The van der Waals surface area contributed by atoms with E-state index in [4.69, 9.17) is 4.74 Å². The maximum atomic E-state index is 5.84. The SMILES string of the molecule is CCC(C)Oc1cccc(NC(C)CC2CC2)c1. The molecule has 2 nitrogen and oxygen atoms in total. The van der Waals surface area contributed by atoms with Gasteiger partial charge in [0.25, 0.3) is 0 Å². The van der Waals surface area contributed by atoms with Crippen molar-refractivity contribution >= 4 is 5.69 Å². The summed E-state index contributed by atoms with van der Waals surface area (Å²) >= 11 is 0. The van der Waals surface area contributed by atoms with Gasteiger partial charge < -0.3 is 10.1 Å². The van der Waals surface area contributed by atoms with Crippen LogP contribution in [0.5, 0.6) is 5.75 Å². The Morgan fingerprint density at radius 1 is 1.33 bits per heavy atom. The molecule has 0 radical (unpaired) electrons. The van der Waals surface area contributed by atoms with E-state index in [1.165, 1.54) is 24.9 Å². The third-order valence-electron chi connectivity index (χ3n) is 3.54. The molecule has 2 rings (SSSR count). The number of ether oxygens (including phenoxy) is 1. The van der Waals surface area contributed by atoms with Gasteiger partial charge in [0.1, 0.15) is 5.75 Å². The Morgan fingerprint density at radius 2 is 2.11 bits per heavy atom. The fourth-order valence-electron chi connectivity index (χ4n) is 2.17. The van der Waals surface area contributed by atoms with Crippen LogP contribution in [0, 0.1) is 5.92 Å². The average Bonchev–Trinajstić information content (AvgIpc) is 3.13. The monoisotopic (exact) mass is 247 g/mol. The minimum Gasteiger partial charge on any atom is -0.491 e. The molecule has 1 aromatic rings. The number of rotatable bonds is 7. The lowest BCUT2D eigenvalue weighted by Crippen LogP contribution is -2.16. The molecule has 0 aromatic heterocycles. The molecule has 2 atom stereocenters. The lowest BCUT2D eigenvalue weighted by Gasteiger charge is -2.17. The van der Waals surface area contributed by atoms with Crippen molar-refractivity contribution in [1.82, 2.24) is 0 Å². The Hall–Kier alpha value is -1.18. The molecule has 1 saturated carbocycles. The molecular weight excluding hydrogens is 222 g/mol. The molecular formula is C16H25NO. The Balaban J connectivity index is 1.89. The highest BCUT2D eigenvalue weighted by molar-refractivity contribution is 5.48. The van der Waals surface area contributed by atoms with Crippen molar-refractivity contribution in [3.05, 3.63) is 24.3 Å². The quantitative estimate of drug-likeness (QED) is 0.768. The highest BCUT2D eigenvalue weighted by Crippen LogP contribution is 2.34. The molecule has 2 heteroatoms. The van der Waals surface area contributed by atoms with Crippen LogP contribution in [0.2, 0.25) is 0 Å². The van der Waals surface area contributed by atoms with Gasteiger partial charge in [-0.15, -0.1) is 0 Å². The van der Waals surface area contributed by atoms with Gasteiger partial charge >= 0.3 is 0 Å². The first-order chi connectivity index (χ1) is 8.67. The Bertz CT molecular complexity index is 373. The third kappa shape index (κ3) is 4.25. The van der Waals surface area contributed by atoms with Crippen LogP contribution >= 0.6 is 0 Å². The van der Waals surface area contributed by atoms with Gasteiger partial charge in [0.15, 0.2) is 0 Å². The van der Waals surface area contributed by atoms with E-state index in [0.29, 0.717) is 6.04 Å². The summed E-state index contributed by atoms with van der Waals surface area (Å²) in [6.45, 7) is 6.51. The molecule has 0 heterocycles. The van der Waals surface area contributed by atoms with Crippen molar-refractivity contribution in [1.29, 1.82) is 0 Å². The molecule has 100 valence electrons. The Labute approximate surface area is 111 Å². The largest absolute Gasteiger partial charge is 0.491 e. The van der Waals surface area contributed by atoms with Crippen LogP contribution in [0.15, 0.2) is 24.3 Å². The molecule has 2 unspecified atom stereocenters. The molecule has 1 aromatic carbocycles. The van der Waals surface area contributed by atoms with Gasteiger partial charge in [-0.2, -0.15) is 0 Å². The summed E-state index contributed by atoms with van der Waals surface area (Å²) in [5.74, 6) is 1.93. The summed E-state index contributed by atoms with van der Waals surface area (Å²) in [7, 11) is 0. The van der Waals surface area contributed by atoms with Crippen molar-refractivity contribution < 1.29 is 4.74 Å². The first-order valence-corrected chi connectivity index (χ1v) is 7.20. The van der Waals surface area contributed by atoms with E-state index in [1.54, 1.807) is 0 Å². The van der Waals surface area contributed by atoms with Crippen LogP contribution in [-0.2, 0) is 0 Å². The van der Waals surface area contributed by atoms with Crippen LogP contribution in [-0.4, -0.2) is 12.1 Å². The normalized spacial score (nSPS) is 18.2. The molecule has 1 fully saturated rings. The van der Waals surface area contributed by atoms with Crippen LogP contribution < -0.4 is 10.1 Å². The van der Waals surface area contributed by atoms with Crippen molar-refractivity contribution in [2.45, 2.75) is 58.6 Å². The Morgan fingerprint density at radius 3 is 2.78 bits per heavy atom. The molecule has 1 aliphatic carbocycles. The van der Waals surface area contributed by atoms with E-state index < -0.39 is 0 Å². The zero-order valence-electron chi connectivity index (χ0n) is 11.8. The molecule has 0 aliphatic heterocycles. The standard InChI is InChI=1S/C16H25NO/c1-4-13(3)18-16-7-5-6-15(11-16)17-12(2)10-14-8-9-14/h5-7,11-14,17H,4,8-10H2,1-3H3. The number of anilines is 1. The molecule has 0 spiro atoms. The topological polar surface area (TPSA) is 21.3 Å². The van der Waals surface area contributed by atoms with Crippen LogP contribution in [0.4, 0.5) is 5.69 Å². The molecule has 18 heavy (non-hydrogen) atoms. The highest BCUT2D eigenvalue weighted by Gasteiger charge is 2.23. The van der Waals surface area contributed by atoms with Gasteiger partial charge in [-0.3, -0.25) is 0 Å². The minimum absolute atomic E-state index is 0.282. The minimum atomic E-state index is 0.282. The van der Waals surface area contributed by atoms with E-state index in [2.05, 4.69) is 44.3 Å². The van der Waals surface area contributed by atoms with Crippen molar-refractivity contribution in [2.75, 3.05) is 5.32 Å². The van der Waals surface area contributed by atoms with Gasteiger partial charge in [-0.1, -0.05) is 25.8 Å². The second-order valence-corrected chi connectivity index (χ2v) is 5.59. The van der Waals surface area contributed by atoms with Gasteiger partial charge in [-0.25, -0.2) is 0 Å². The summed E-state index contributed by atoms with van der Waals surface area (Å²) in [4.78, 5) is 0. The van der Waals surface area contributed by atoms with E-state index in [1.807, 2.05) is 6.07 Å². The average molecular weight is 247 g/mol. The second kappa shape index (κ2) is 6.12. The predicted octanol–water partition coefficient (Wildman–Crippen LogP) is 4.46. The van der Waals surface area contributed by atoms with Crippen LogP contribution in [0.25, 0.3) is 0 Å². The molecule has 0 amide bonds. The summed E-state index contributed by atoms with van der Waals surface area (Å²) < 4.78 is 5.84. The number of benzene rings is 1. The zero-order chi connectivity index (χ0) is 13.0. The van der Waals surface area contributed by atoms with Crippen LogP contribution in [0.1, 0.15) is 46.5 Å². The molecule has 0 saturated heterocycles. The summed E-state index contributed by atoms with van der Waals surface area (Å²) in [6, 6.07) is 8.87. The lowest BCUT2D eigenvalue weighted by molar-refractivity contribution is 0.217. The summed E-state index contributed by atoms with van der Waals surface area (Å²) in [6.07, 6.45) is 5.45. The van der Waals surface area contributed by atoms with E-state index in [0.717, 1.165) is 18.1 Å². The van der Waals surface area contributed by atoms with Crippen LogP contribution in [0.3, 0.4) is 0 Å². The first kappa shape index (κ1) is 13.3. The number of nitrogens with one attached hydrogen (secondary N) is 1. The second-order valence-electron chi connectivity index (χ2n) is 5.59. The Kier molecular flexibility index (Phi) is 4.51. The smallest absolute Gasteiger partial charge is 0.121 e. The maximum Gasteiger partial charge on any atom is 0.121 e. The highest BCUT2D eigenvalue weighted by atomic mass is 16.5. The van der Waals surface area contributed by atoms with E-state index >= 15 is 0 Å². The van der Waals surface area contributed by atoms with Gasteiger partial charge in [0, 0.05) is 17.8 Å². The van der Waals surface area contributed by atoms with E-state index in [-0.39, 0.29) is 6.10 Å². The summed E-state index contributed by atoms with van der Waals surface area (Å²) in [5, 5.41) is 3.56. The third-order valence-corrected chi connectivity index (χ3v) is 3.54. The number of hydrogen-bond donors (Lipinski definition) is 1. The van der Waals surface area contributed by atoms with Crippen molar-refractivity contribution in [3.8, 4) is 5.75 Å². The molecule has 1 aliphatic rings. The van der Waals surface area contributed by atoms with Crippen molar-refractivity contribution in [3.63, 3.8) is 0 Å². The molecule has 0 bridgehead atoms.